The molecule has 0 radical (unpaired) electrons. The van der Waals surface area contributed by atoms with Crippen LogP contribution in [-0.2, 0) is 17.8 Å². The Hall–Kier alpha value is -4.38. The van der Waals surface area contributed by atoms with Gasteiger partial charge in [0.25, 0.3) is 12.4 Å². The maximum Gasteiger partial charge on any atom is 0.290 e. The lowest BCUT2D eigenvalue weighted by atomic mass is 10.0. The van der Waals surface area contributed by atoms with Gasteiger partial charge in [0.2, 0.25) is 0 Å². The number of carbonyl (C=O) groups is 2. The number of ether oxygens (including phenoxy) is 1. The second-order valence-electron chi connectivity index (χ2n) is 7.47. The molecule has 0 unspecified atom stereocenters. The fourth-order valence-corrected chi connectivity index (χ4v) is 3.36. The van der Waals surface area contributed by atoms with Gasteiger partial charge in [-0.05, 0) is 52.9 Å². The van der Waals surface area contributed by atoms with E-state index in [2.05, 4.69) is 41.7 Å². The third-order valence-corrected chi connectivity index (χ3v) is 5.13. The van der Waals surface area contributed by atoms with Gasteiger partial charge in [-0.25, -0.2) is 0 Å². The Bertz CT molecular complexity index is 1140. The van der Waals surface area contributed by atoms with Crippen LogP contribution in [0.1, 0.15) is 21.5 Å². The van der Waals surface area contributed by atoms with Crippen LogP contribution in [-0.4, -0.2) is 24.0 Å². The summed E-state index contributed by atoms with van der Waals surface area (Å²) in [5.74, 6) is 0.675. The van der Waals surface area contributed by atoms with Gasteiger partial charge in [-0.1, -0.05) is 84.9 Å². The number of amides is 1. The van der Waals surface area contributed by atoms with Crippen LogP contribution in [0.2, 0.25) is 0 Å². The summed E-state index contributed by atoms with van der Waals surface area (Å²) in [6, 6.07) is 36.1. The molecule has 0 saturated carbocycles. The van der Waals surface area contributed by atoms with E-state index in [9.17, 15) is 4.79 Å². The van der Waals surface area contributed by atoms with E-state index in [1.54, 1.807) is 12.1 Å². The van der Waals surface area contributed by atoms with E-state index in [0.717, 1.165) is 17.7 Å². The summed E-state index contributed by atoms with van der Waals surface area (Å²) in [4.78, 5) is 20.8. The van der Waals surface area contributed by atoms with Gasteiger partial charge in [-0.15, -0.1) is 0 Å². The fraction of sp³-hybridized carbons (Fsp3) is 0.103. The quantitative estimate of drug-likeness (QED) is 0.340. The van der Waals surface area contributed by atoms with Gasteiger partial charge in [0.05, 0.1) is 0 Å². The maximum absolute atomic E-state index is 12.4. The zero-order chi connectivity index (χ0) is 24.0. The predicted molar refractivity (Wildman–Crippen MR) is 134 cm³/mol. The Morgan fingerprint density at radius 3 is 1.91 bits per heavy atom. The van der Waals surface area contributed by atoms with Crippen molar-refractivity contribution in [3.63, 3.8) is 0 Å². The highest BCUT2D eigenvalue weighted by Crippen LogP contribution is 2.19. The molecular formula is C29H27NO4. The minimum Gasteiger partial charge on any atom is -0.489 e. The predicted octanol–water partition coefficient (Wildman–Crippen LogP) is 5.61. The molecule has 4 aromatic carbocycles. The second-order valence-corrected chi connectivity index (χ2v) is 7.47. The van der Waals surface area contributed by atoms with E-state index in [0.29, 0.717) is 18.7 Å². The topological polar surface area (TPSA) is 75.6 Å². The van der Waals surface area contributed by atoms with Crippen molar-refractivity contribution in [3.8, 4) is 16.9 Å². The lowest BCUT2D eigenvalue weighted by molar-refractivity contribution is -0.122. The summed E-state index contributed by atoms with van der Waals surface area (Å²) in [5.41, 5.74) is 5.35. The lowest BCUT2D eigenvalue weighted by Crippen LogP contribution is -2.25. The molecule has 4 aromatic rings. The Kier molecular flexibility index (Phi) is 9.44. The summed E-state index contributed by atoms with van der Waals surface area (Å²) in [6.07, 6.45) is 0.791. The zero-order valence-electron chi connectivity index (χ0n) is 18.8. The van der Waals surface area contributed by atoms with Crippen molar-refractivity contribution < 1.29 is 19.4 Å². The largest absolute Gasteiger partial charge is 0.489 e. The molecule has 0 aliphatic carbocycles. The van der Waals surface area contributed by atoms with Crippen molar-refractivity contribution in [3.05, 3.63) is 126 Å². The summed E-state index contributed by atoms with van der Waals surface area (Å²) in [7, 11) is 0. The molecule has 0 fully saturated rings. The molecule has 5 nitrogen and oxygen atoms in total. The number of hydrogen-bond donors (Lipinski definition) is 2. The van der Waals surface area contributed by atoms with Crippen molar-refractivity contribution in [2.45, 2.75) is 13.0 Å². The second kappa shape index (κ2) is 13.2. The molecule has 2 N–H and O–H groups in total. The molecule has 0 aliphatic rings. The van der Waals surface area contributed by atoms with Gasteiger partial charge in [-0.2, -0.15) is 0 Å². The first-order chi connectivity index (χ1) is 16.7. The molecule has 0 atom stereocenters. The minimum atomic E-state index is -0.250. The van der Waals surface area contributed by atoms with E-state index < -0.39 is 0 Å². The Balaban J connectivity index is 0.00000103. The molecule has 0 bridgehead atoms. The van der Waals surface area contributed by atoms with E-state index in [-0.39, 0.29) is 12.4 Å². The molecular weight excluding hydrogens is 426 g/mol. The Morgan fingerprint density at radius 2 is 1.29 bits per heavy atom. The van der Waals surface area contributed by atoms with Crippen LogP contribution < -0.4 is 10.1 Å². The summed E-state index contributed by atoms with van der Waals surface area (Å²) >= 11 is 0. The number of nitrogens with one attached hydrogen (secondary N) is 1. The zero-order valence-corrected chi connectivity index (χ0v) is 18.8. The van der Waals surface area contributed by atoms with E-state index in [4.69, 9.17) is 14.6 Å². The molecule has 0 aromatic heterocycles. The van der Waals surface area contributed by atoms with Gasteiger partial charge in [-0.3, -0.25) is 9.59 Å². The van der Waals surface area contributed by atoms with E-state index >= 15 is 0 Å². The van der Waals surface area contributed by atoms with Crippen molar-refractivity contribution >= 4 is 12.4 Å². The molecule has 0 saturated heterocycles. The van der Waals surface area contributed by atoms with Crippen molar-refractivity contribution in [2.24, 2.45) is 0 Å². The Morgan fingerprint density at radius 1 is 0.735 bits per heavy atom. The highest BCUT2D eigenvalue weighted by atomic mass is 16.5. The first-order valence-electron chi connectivity index (χ1n) is 11.0. The number of hydrogen-bond acceptors (Lipinski definition) is 3. The third kappa shape index (κ3) is 7.64. The number of carboxylic acid groups (broad SMARTS) is 1. The normalized spacial score (nSPS) is 9.88. The molecule has 5 heteroatoms. The van der Waals surface area contributed by atoms with Gasteiger partial charge in [0.1, 0.15) is 12.4 Å². The fourth-order valence-electron chi connectivity index (χ4n) is 3.36. The van der Waals surface area contributed by atoms with Crippen LogP contribution in [0.25, 0.3) is 11.1 Å². The van der Waals surface area contributed by atoms with Crippen LogP contribution in [0.3, 0.4) is 0 Å². The van der Waals surface area contributed by atoms with Crippen LogP contribution in [0.5, 0.6) is 5.75 Å². The van der Waals surface area contributed by atoms with E-state index in [1.165, 1.54) is 16.7 Å². The molecule has 4 rings (SSSR count). The molecule has 0 heterocycles. The standard InChI is InChI=1S/C28H25NO2.CH2O2/c30-28(26-15-17-27(18-16-26)31-21-23-7-3-1-4-8-23)29-20-19-22-11-13-25(14-12-22)24-9-5-2-6-10-24;2-1-3/h1-18H,19-21H2,(H,29,30);1H,(H,2,3). The van der Waals surface area contributed by atoms with Crippen LogP contribution in [0, 0.1) is 0 Å². The third-order valence-electron chi connectivity index (χ3n) is 5.13. The summed E-state index contributed by atoms with van der Waals surface area (Å²) in [6.45, 7) is 0.852. The smallest absolute Gasteiger partial charge is 0.290 e. The lowest BCUT2D eigenvalue weighted by Gasteiger charge is -2.09. The Labute approximate surface area is 199 Å². The molecule has 172 valence electrons. The van der Waals surface area contributed by atoms with Gasteiger partial charge >= 0.3 is 0 Å². The van der Waals surface area contributed by atoms with Crippen molar-refractivity contribution in [2.75, 3.05) is 6.54 Å². The van der Waals surface area contributed by atoms with Gasteiger partial charge in [0, 0.05) is 12.1 Å². The highest BCUT2D eigenvalue weighted by molar-refractivity contribution is 5.94. The molecule has 1 amide bonds. The van der Waals surface area contributed by atoms with E-state index in [1.807, 2.05) is 60.7 Å². The van der Waals surface area contributed by atoms with Gasteiger partial charge < -0.3 is 15.2 Å². The summed E-state index contributed by atoms with van der Waals surface area (Å²) < 4.78 is 5.78. The average Bonchev–Trinajstić information content (AvgIpc) is 2.90. The average molecular weight is 454 g/mol. The van der Waals surface area contributed by atoms with Crippen molar-refractivity contribution in [1.82, 2.24) is 5.32 Å². The summed E-state index contributed by atoms with van der Waals surface area (Å²) in [5, 5.41) is 9.88. The molecule has 34 heavy (non-hydrogen) atoms. The van der Waals surface area contributed by atoms with Crippen LogP contribution >= 0.6 is 0 Å². The first-order valence-corrected chi connectivity index (χ1v) is 11.0. The first kappa shape index (κ1) is 24.3. The maximum atomic E-state index is 12.4. The van der Waals surface area contributed by atoms with Crippen LogP contribution in [0.4, 0.5) is 0 Å². The van der Waals surface area contributed by atoms with Crippen LogP contribution in [0.15, 0.2) is 109 Å². The molecule has 0 aliphatic heterocycles. The number of benzene rings is 4. The molecule has 0 spiro atoms. The highest BCUT2D eigenvalue weighted by Gasteiger charge is 2.06. The number of carbonyl (C=O) groups excluding carboxylic acids is 1. The van der Waals surface area contributed by atoms with Crippen molar-refractivity contribution in [1.29, 1.82) is 0 Å². The SMILES string of the molecule is O=C(NCCc1ccc(-c2ccccc2)cc1)c1ccc(OCc2ccccc2)cc1.O=CO. The number of rotatable bonds is 8. The minimum absolute atomic E-state index is 0.0736. The monoisotopic (exact) mass is 453 g/mol. The van der Waals surface area contributed by atoms with Gasteiger partial charge in [0.15, 0.2) is 0 Å².